The molecule has 2 rings (SSSR count). The van der Waals surface area contributed by atoms with Gasteiger partial charge >= 0.3 is 5.97 Å². The van der Waals surface area contributed by atoms with Crippen LogP contribution in [0, 0.1) is 6.92 Å². The van der Waals surface area contributed by atoms with E-state index in [1.165, 1.54) is 0 Å². The van der Waals surface area contributed by atoms with Gasteiger partial charge in [0.15, 0.2) is 0 Å². The van der Waals surface area contributed by atoms with E-state index in [0.29, 0.717) is 28.6 Å². The zero-order valence-corrected chi connectivity index (χ0v) is 10.9. The van der Waals surface area contributed by atoms with Gasteiger partial charge in [0.1, 0.15) is 0 Å². The summed E-state index contributed by atoms with van der Waals surface area (Å²) >= 11 is 0. The summed E-state index contributed by atoms with van der Waals surface area (Å²) in [5, 5.41) is 29.0. The van der Waals surface area contributed by atoms with Crippen molar-refractivity contribution in [2.45, 2.75) is 26.5 Å². The Morgan fingerprint density at radius 3 is 2.63 bits per heavy atom. The number of carboxylic acids is 1. The van der Waals surface area contributed by atoms with Gasteiger partial charge in [0.25, 0.3) is 0 Å². The van der Waals surface area contributed by atoms with Crippen LogP contribution < -0.4 is 0 Å². The number of aliphatic hydroxyl groups is 2. The molecule has 0 saturated carbocycles. The quantitative estimate of drug-likeness (QED) is 0.784. The number of carboxylic acid groups (broad SMARTS) is 1. The number of benzene rings is 1. The van der Waals surface area contributed by atoms with Gasteiger partial charge in [-0.05, 0) is 19.4 Å². The minimum absolute atomic E-state index is 0.0873. The first-order valence-electron chi connectivity index (χ1n) is 6.12. The normalized spacial score (nSPS) is 12.8. The van der Waals surface area contributed by atoms with Crippen molar-refractivity contribution < 1.29 is 20.1 Å². The van der Waals surface area contributed by atoms with Crippen molar-refractivity contribution >= 4 is 16.9 Å². The topological polar surface area (TPSA) is 82.7 Å². The molecule has 2 aromatic rings. The highest BCUT2D eigenvalue weighted by molar-refractivity contribution is 6.04. The summed E-state index contributed by atoms with van der Waals surface area (Å²) in [6.07, 6.45) is 1.02. The van der Waals surface area contributed by atoms with Gasteiger partial charge in [-0.1, -0.05) is 12.1 Å². The lowest BCUT2D eigenvalue weighted by molar-refractivity contribution is 0.0697. The Morgan fingerprint density at radius 2 is 2.11 bits per heavy atom. The fraction of sp³-hybridized carbons (Fsp3) is 0.357. The number of carbonyl (C=O) groups is 1. The molecule has 5 nitrogen and oxygen atoms in total. The Kier molecular flexibility index (Phi) is 3.59. The van der Waals surface area contributed by atoms with Gasteiger partial charge in [-0.15, -0.1) is 0 Å². The van der Waals surface area contributed by atoms with Crippen LogP contribution in [0.25, 0.3) is 10.9 Å². The highest BCUT2D eigenvalue weighted by Gasteiger charge is 2.20. The van der Waals surface area contributed by atoms with E-state index in [-0.39, 0.29) is 12.2 Å². The number of aromatic nitrogens is 1. The Bertz CT molecular complexity index is 628. The number of rotatable bonds is 4. The molecule has 0 spiro atoms. The van der Waals surface area contributed by atoms with Crippen molar-refractivity contribution in [1.82, 2.24) is 4.57 Å². The molecule has 0 bridgehead atoms. The van der Waals surface area contributed by atoms with Gasteiger partial charge in [0.05, 0.1) is 23.8 Å². The Labute approximate surface area is 110 Å². The molecule has 1 aromatic carbocycles. The molecule has 102 valence electrons. The summed E-state index contributed by atoms with van der Waals surface area (Å²) in [6.45, 7) is 3.59. The molecule has 3 N–H and O–H groups in total. The Balaban J connectivity index is 2.86. The molecule has 1 atom stereocenters. The molecule has 0 saturated heterocycles. The molecule has 0 fully saturated rings. The van der Waals surface area contributed by atoms with Gasteiger partial charge in [0.2, 0.25) is 0 Å². The van der Waals surface area contributed by atoms with E-state index in [1.807, 2.05) is 6.07 Å². The van der Waals surface area contributed by atoms with Gasteiger partial charge in [0, 0.05) is 23.7 Å². The molecule has 0 aliphatic heterocycles. The van der Waals surface area contributed by atoms with E-state index < -0.39 is 12.1 Å². The first kappa shape index (κ1) is 13.6. The fourth-order valence-electron chi connectivity index (χ4n) is 2.41. The maximum absolute atomic E-state index is 11.4. The minimum Gasteiger partial charge on any atom is -0.478 e. The van der Waals surface area contributed by atoms with E-state index in [9.17, 15) is 15.0 Å². The smallest absolute Gasteiger partial charge is 0.338 e. The number of hydrogen-bond donors (Lipinski definition) is 3. The summed E-state index contributed by atoms with van der Waals surface area (Å²) in [7, 11) is 0. The molecule has 1 unspecified atom stereocenters. The van der Waals surface area contributed by atoms with Crippen LogP contribution in [0.4, 0.5) is 0 Å². The predicted octanol–water partition coefficient (Wildman–Crippen LogP) is 1.69. The number of aryl methyl sites for hydroxylation is 1. The Morgan fingerprint density at radius 1 is 1.42 bits per heavy atom. The molecule has 0 radical (unpaired) electrons. The molecule has 0 amide bonds. The maximum atomic E-state index is 11.4. The highest BCUT2D eigenvalue weighted by Crippen LogP contribution is 2.30. The van der Waals surface area contributed by atoms with Gasteiger partial charge < -0.3 is 19.9 Å². The van der Waals surface area contributed by atoms with Crippen LogP contribution in [0.15, 0.2) is 18.3 Å². The number of aliphatic hydroxyl groups excluding tert-OH is 2. The molecule has 19 heavy (non-hydrogen) atoms. The molecule has 1 aromatic heterocycles. The fourth-order valence-corrected chi connectivity index (χ4v) is 2.41. The van der Waals surface area contributed by atoms with Gasteiger partial charge in [-0.2, -0.15) is 0 Å². The van der Waals surface area contributed by atoms with Crippen molar-refractivity contribution in [2.24, 2.45) is 0 Å². The van der Waals surface area contributed by atoms with Crippen LogP contribution in [0.5, 0.6) is 0 Å². The second-order valence-corrected chi connectivity index (χ2v) is 4.64. The summed E-state index contributed by atoms with van der Waals surface area (Å²) in [5.41, 5.74) is 2.11. The van der Waals surface area contributed by atoms with E-state index in [2.05, 4.69) is 0 Å². The Hall–Kier alpha value is -1.85. The van der Waals surface area contributed by atoms with E-state index in [0.717, 1.165) is 0 Å². The average Bonchev–Trinajstić information content (AvgIpc) is 2.68. The molecular weight excluding hydrogens is 246 g/mol. The SMILES string of the molecule is Cc1ccc2c(C(C)O)cn(CCO)c2c1C(=O)O. The third kappa shape index (κ3) is 2.22. The van der Waals surface area contributed by atoms with Gasteiger partial charge in [-0.3, -0.25) is 0 Å². The monoisotopic (exact) mass is 263 g/mol. The van der Waals surface area contributed by atoms with Gasteiger partial charge in [-0.25, -0.2) is 4.79 Å². The number of nitrogens with zero attached hydrogens (tertiary/aromatic N) is 1. The van der Waals surface area contributed by atoms with E-state index in [1.54, 1.807) is 30.7 Å². The largest absolute Gasteiger partial charge is 0.478 e. The number of hydrogen-bond acceptors (Lipinski definition) is 3. The van der Waals surface area contributed by atoms with Crippen molar-refractivity contribution in [3.8, 4) is 0 Å². The lowest BCUT2D eigenvalue weighted by Gasteiger charge is -2.08. The minimum atomic E-state index is -1.00. The van der Waals surface area contributed by atoms with Crippen LogP contribution in [0.1, 0.15) is 34.5 Å². The third-order valence-corrected chi connectivity index (χ3v) is 3.28. The molecule has 0 aliphatic rings. The van der Waals surface area contributed by atoms with Crippen molar-refractivity contribution in [1.29, 1.82) is 0 Å². The van der Waals surface area contributed by atoms with Crippen molar-refractivity contribution in [3.63, 3.8) is 0 Å². The van der Waals surface area contributed by atoms with Crippen LogP contribution in [0.3, 0.4) is 0 Å². The lowest BCUT2D eigenvalue weighted by Crippen LogP contribution is -2.07. The molecule has 1 heterocycles. The van der Waals surface area contributed by atoms with Crippen LogP contribution in [-0.2, 0) is 6.54 Å². The maximum Gasteiger partial charge on any atom is 0.338 e. The van der Waals surface area contributed by atoms with Crippen LogP contribution >= 0.6 is 0 Å². The first-order chi connectivity index (χ1) is 8.97. The standard InChI is InChI=1S/C14H17NO4/c1-8-3-4-10-11(9(2)17)7-15(5-6-16)13(10)12(8)14(18)19/h3-4,7,9,16-17H,5-6H2,1-2H3,(H,18,19). The number of aromatic carboxylic acids is 1. The second kappa shape index (κ2) is 5.03. The summed E-state index contributed by atoms with van der Waals surface area (Å²) < 4.78 is 1.69. The van der Waals surface area contributed by atoms with E-state index in [4.69, 9.17) is 5.11 Å². The average molecular weight is 263 g/mol. The highest BCUT2D eigenvalue weighted by atomic mass is 16.4. The summed E-state index contributed by atoms with van der Waals surface area (Å²) in [4.78, 5) is 11.4. The molecule has 0 aliphatic carbocycles. The summed E-state index contributed by atoms with van der Waals surface area (Å²) in [6, 6.07) is 3.55. The van der Waals surface area contributed by atoms with Crippen molar-refractivity contribution in [2.75, 3.05) is 6.61 Å². The predicted molar refractivity (Wildman–Crippen MR) is 71.4 cm³/mol. The zero-order valence-electron chi connectivity index (χ0n) is 10.9. The van der Waals surface area contributed by atoms with Crippen molar-refractivity contribution in [3.05, 3.63) is 35.0 Å². The molecule has 5 heteroatoms. The second-order valence-electron chi connectivity index (χ2n) is 4.64. The van der Waals surface area contributed by atoms with Crippen LogP contribution in [-0.4, -0.2) is 32.5 Å². The van der Waals surface area contributed by atoms with Crippen LogP contribution in [0.2, 0.25) is 0 Å². The third-order valence-electron chi connectivity index (χ3n) is 3.28. The first-order valence-corrected chi connectivity index (χ1v) is 6.12. The molecular formula is C14H17NO4. The number of fused-ring (bicyclic) bond motifs is 1. The lowest BCUT2D eigenvalue weighted by atomic mass is 10.0. The summed E-state index contributed by atoms with van der Waals surface area (Å²) in [5.74, 6) is -1.00. The van der Waals surface area contributed by atoms with E-state index >= 15 is 0 Å². The zero-order chi connectivity index (χ0) is 14.2.